The summed E-state index contributed by atoms with van der Waals surface area (Å²) < 4.78 is 31.3. The van der Waals surface area contributed by atoms with E-state index in [1.165, 1.54) is 12.1 Å². The number of primary amides is 1. The third-order valence-corrected chi connectivity index (χ3v) is 8.68. The number of nitrogens with zero attached hydrogens (tertiary/aromatic N) is 1. The van der Waals surface area contributed by atoms with Crippen LogP contribution in [0.4, 0.5) is 10.1 Å². The van der Waals surface area contributed by atoms with Gasteiger partial charge in [0, 0.05) is 18.9 Å². The molecule has 0 radical (unpaired) electrons. The van der Waals surface area contributed by atoms with Gasteiger partial charge in [-0.25, -0.2) is 4.39 Å². The average molecular weight is 576 g/mol. The Kier molecular flexibility index (Phi) is 9.36. The molecule has 4 rings (SSSR count). The minimum Gasteiger partial charge on any atom is -0.471 e. The van der Waals surface area contributed by atoms with Gasteiger partial charge in [0.1, 0.15) is 18.3 Å². The molecule has 2 amide bonds. The summed E-state index contributed by atoms with van der Waals surface area (Å²) in [6.07, 6.45) is 0. The fourth-order valence-corrected chi connectivity index (χ4v) is 5.96. The van der Waals surface area contributed by atoms with E-state index < -0.39 is 31.7 Å². The van der Waals surface area contributed by atoms with Gasteiger partial charge in [0.15, 0.2) is 5.76 Å². The fraction of sp³-hybridized carbons (Fsp3) is 0.258. The second-order valence-corrected chi connectivity index (χ2v) is 15.8. The number of aromatic nitrogens is 1. The van der Waals surface area contributed by atoms with E-state index in [1.54, 1.807) is 43.5 Å². The van der Waals surface area contributed by atoms with Crippen molar-refractivity contribution in [2.45, 2.75) is 44.7 Å². The van der Waals surface area contributed by atoms with Crippen LogP contribution in [0.2, 0.25) is 19.6 Å². The first-order valence-corrected chi connectivity index (χ1v) is 16.7. The zero-order chi connectivity index (χ0) is 29.6. The van der Waals surface area contributed by atoms with Gasteiger partial charge >= 0.3 is 0 Å². The molecule has 2 atom stereocenters. The highest BCUT2D eigenvalue weighted by atomic mass is 28.3. The number of ether oxygens (including phenoxy) is 2. The summed E-state index contributed by atoms with van der Waals surface area (Å²) in [5.41, 5.74) is 8.44. The highest BCUT2D eigenvalue weighted by molar-refractivity contribution is 6.88. The highest BCUT2D eigenvalue weighted by Crippen LogP contribution is 2.36. The molecule has 0 bridgehead atoms. The molecule has 1 aromatic heterocycles. The molecule has 1 heterocycles. The molecule has 0 aliphatic rings. The number of halogens is 1. The number of methoxy groups -OCH3 is 1. The van der Waals surface area contributed by atoms with E-state index in [9.17, 15) is 14.0 Å². The molecule has 10 heteroatoms. The lowest BCUT2D eigenvalue weighted by Crippen LogP contribution is -2.40. The van der Waals surface area contributed by atoms with Crippen molar-refractivity contribution in [3.05, 3.63) is 107 Å². The van der Waals surface area contributed by atoms with E-state index in [4.69, 9.17) is 19.7 Å². The molecule has 41 heavy (non-hydrogen) atoms. The normalized spacial score (nSPS) is 12.9. The van der Waals surface area contributed by atoms with Gasteiger partial charge in [0.2, 0.25) is 11.8 Å². The van der Waals surface area contributed by atoms with Crippen LogP contribution in [0.15, 0.2) is 83.4 Å². The molecule has 0 aliphatic heterocycles. The summed E-state index contributed by atoms with van der Waals surface area (Å²) >= 11 is 0. The maximum absolute atomic E-state index is 14.9. The van der Waals surface area contributed by atoms with Gasteiger partial charge in [-0.1, -0.05) is 80.3 Å². The predicted octanol–water partition coefficient (Wildman–Crippen LogP) is 5.08. The number of nitrogens with one attached hydrogen (secondary N) is 1. The Morgan fingerprint density at radius 1 is 0.951 bits per heavy atom. The minimum atomic E-state index is -1.92. The first-order chi connectivity index (χ1) is 19.6. The molecule has 3 aromatic carbocycles. The van der Waals surface area contributed by atoms with Crippen molar-refractivity contribution in [1.29, 1.82) is 0 Å². The van der Waals surface area contributed by atoms with Crippen LogP contribution in [0.1, 0.15) is 34.3 Å². The van der Waals surface area contributed by atoms with Crippen LogP contribution in [-0.4, -0.2) is 32.2 Å². The number of anilines is 1. The number of carbonyl (C=O) groups is 2. The molecular weight excluding hydrogens is 541 g/mol. The van der Waals surface area contributed by atoms with Crippen LogP contribution < -0.4 is 21.0 Å². The monoisotopic (exact) mass is 575 g/mol. The predicted molar refractivity (Wildman–Crippen MR) is 157 cm³/mol. The Hall–Kier alpha value is -4.28. The van der Waals surface area contributed by atoms with Crippen molar-refractivity contribution >= 4 is 30.8 Å². The van der Waals surface area contributed by atoms with Gasteiger partial charge in [-0.3, -0.25) is 9.59 Å². The number of hydrogen-bond donors (Lipinski definition) is 2. The van der Waals surface area contributed by atoms with Crippen molar-refractivity contribution in [3.8, 4) is 5.88 Å². The van der Waals surface area contributed by atoms with Crippen LogP contribution in [0.5, 0.6) is 5.88 Å². The summed E-state index contributed by atoms with van der Waals surface area (Å²) in [6, 6.07) is 22.7. The molecule has 1 unspecified atom stereocenters. The zero-order valence-corrected chi connectivity index (χ0v) is 24.5. The molecule has 0 spiro atoms. The standard InChI is InChI=1S/C31H34FN3O5Si/c1-38-18-21-10-12-22(13-11-21)28(31(37)34-23-14-15-26(24(32)16-23)41(2,3)4)29(30(33)36)25-17-27(35-40-25)39-19-20-8-6-5-7-9-20/h5-17,28-29H,18-19H2,1-4H3,(H2,33,36)(H,34,37)/t28-,29?/m0/s1. The molecular formula is C31H34FN3O5Si. The lowest BCUT2D eigenvalue weighted by Gasteiger charge is -2.23. The summed E-state index contributed by atoms with van der Waals surface area (Å²) in [4.78, 5) is 26.7. The van der Waals surface area contributed by atoms with Gasteiger partial charge in [0.25, 0.3) is 5.88 Å². The third-order valence-electron chi connectivity index (χ3n) is 6.66. The summed E-state index contributed by atoms with van der Waals surface area (Å²) in [6.45, 7) is 6.74. The molecule has 3 N–H and O–H groups in total. The largest absolute Gasteiger partial charge is 0.471 e. The van der Waals surface area contributed by atoms with Gasteiger partial charge < -0.3 is 25.0 Å². The maximum Gasteiger partial charge on any atom is 0.254 e. The lowest BCUT2D eigenvalue weighted by atomic mass is 9.82. The van der Waals surface area contributed by atoms with Crippen LogP contribution in [-0.2, 0) is 27.5 Å². The molecule has 0 saturated carbocycles. The van der Waals surface area contributed by atoms with Crippen LogP contribution in [0.3, 0.4) is 0 Å². The fourth-order valence-electron chi connectivity index (χ4n) is 4.59. The number of carbonyl (C=O) groups excluding carboxylic acids is 2. The van der Waals surface area contributed by atoms with Gasteiger partial charge in [-0.05, 0) is 39.2 Å². The molecule has 8 nitrogen and oxygen atoms in total. The van der Waals surface area contributed by atoms with Crippen molar-refractivity contribution < 1.29 is 28.0 Å². The first kappa shape index (κ1) is 29.7. The topological polar surface area (TPSA) is 117 Å². The maximum atomic E-state index is 14.9. The molecule has 0 aliphatic carbocycles. The second-order valence-electron chi connectivity index (χ2n) is 10.8. The quantitative estimate of drug-likeness (QED) is 0.228. The smallest absolute Gasteiger partial charge is 0.254 e. The Labute approximate surface area is 239 Å². The van der Waals surface area contributed by atoms with Crippen molar-refractivity contribution in [2.75, 3.05) is 12.4 Å². The Bertz CT molecular complexity index is 1490. The molecule has 4 aromatic rings. The highest BCUT2D eigenvalue weighted by Gasteiger charge is 2.38. The number of hydrogen-bond acceptors (Lipinski definition) is 6. The van der Waals surface area contributed by atoms with E-state index in [0.717, 1.165) is 11.1 Å². The Balaban J connectivity index is 1.66. The van der Waals surface area contributed by atoms with Crippen molar-refractivity contribution in [2.24, 2.45) is 5.73 Å². The van der Waals surface area contributed by atoms with Crippen LogP contribution in [0.25, 0.3) is 0 Å². The summed E-state index contributed by atoms with van der Waals surface area (Å²) in [5.74, 6) is -3.86. The summed E-state index contributed by atoms with van der Waals surface area (Å²) in [5, 5.41) is 7.36. The number of amides is 2. The van der Waals surface area contributed by atoms with E-state index >= 15 is 0 Å². The first-order valence-electron chi connectivity index (χ1n) is 13.2. The van der Waals surface area contributed by atoms with Gasteiger partial charge in [0.05, 0.1) is 20.6 Å². The third kappa shape index (κ3) is 7.47. The van der Waals surface area contributed by atoms with Crippen LogP contribution in [0, 0.1) is 5.82 Å². The molecule has 0 saturated heterocycles. The lowest BCUT2D eigenvalue weighted by molar-refractivity contribution is -0.125. The van der Waals surface area contributed by atoms with Crippen molar-refractivity contribution in [1.82, 2.24) is 5.16 Å². The van der Waals surface area contributed by atoms with E-state index in [2.05, 4.69) is 10.5 Å². The van der Waals surface area contributed by atoms with E-state index in [1.807, 2.05) is 50.0 Å². The van der Waals surface area contributed by atoms with E-state index in [0.29, 0.717) is 17.4 Å². The van der Waals surface area contributed by atoms with Gasteiger partial charge in [-0.2, -0.15) is 0 Å². The average Bonchev–Trinajstić information content (AvgIpc) is 3.39. The summed E-state index contributed by atoms with van der Waals surface area (Å²) in [7, 11) is -0.337. The molecule has 214 valence electrons. The van der Waals surface area contributed by atoms with Crippen LogP contribution >= 0.6 is 0 Å². The second kappa shape index (κ2) is 12.9. The SMILES string of the molecule is COCc1ccc([C@H](C(=O)Nc2ccc([Si](C)(C)C)c(F)c2)C(C(N)=O)c2cc(OCc3ccccc3)no2)cc1. The number of benzene rings is 3. The van der Waals surface area contributed by atoms with E-state index in [-0.39, 0.29) is 29.8 Å². The zero-order valence-electron chi connectivity index (χ0n) is 23.5. The Morgan fingerprint density at radius 2 is 1.63 bits per heavy atom. The number of rotatable bonds is 12. The Morgan fingerprint density at radius 3 is 2.24 bits per heavy atom. The number of nitrogens with two attached hydrogens (primary N) is 1. The molecule has 0 fully saturated rings. The van der Waals surface area contributed by atoms with Gasteiger partial charge in [-0.15, -0.1) is 0 Å². The minimum absolute atomic E-state index is 0.0712. The van der Waals surface area contributed by atoms with Crippen molar-refractivity contribution in [3.63, 3.8) is 0 Å².